The van der Waals surface area contributed by atoms with Crippen molar-refractivity contribution in [3.05, 3.63) is 131 Å². The number of aromatic nitrogens is 3. The van der Waals surface area contributed by atoms with Crippen molar-refractivity contribution in [1.82, 2.24) is 55.0 Å². The summed E-state index contributed by atoms with van der Waals surface area (Å²) in [6.07, 6.45) is 36.6. The molecule has 2 aromatic carbocycles. The van der Waals surface area contributed by atoms with Gasteiger partial charge in [0, 0.05) is 72.0 Å². The van der Waals surface area contributed by atoms with Crippen LogP contribution in [0.1, 0.15) is 243 Å². The molecule has 0 radical (unpaired) electrons. The number of nitrogens with one attached hydrogen (secondary N) is 2. The minimum absolute atomic E-state index is 0.0878. The number of likely N-dealkylation sites (N-methyl/N-ethyl adjacent to an activating group) is 2. The molecule has 5 aromatic rings. The number of ether oxygens (including phenoxy) is 4. The summed E-state index contributed by atoms with van der Waals surface area (Å²) in [4.78, 5) is 171. The van der Waals surface area contributed by atoms with Gasteiger partial charge < -0.3 is 55.1 Å². The smallest absolute Gasteiger partial charge is 0.416 e. The lowest BCUT2D eigenvalue weighted by molar-refractivity contribution is -0.166. The van der Waals surface area contributed by atoms with E-state index in [-0.39, 0.29) is 61.6 Å². The van der Waals surface area contributed by atoms with E-state index >= 15 is 0 Å². The van der Waals surface area contributed by atoms with Gasteiger partial charge in [0.1, 0.15) is 52.2 Å². The summed E-state index contributed by atoms with van der Waals surface area (Å²) in [7, 11) is 6.24. The third kappa shape index (κ3) is 25.4. The van der Waals surface area contributed by atoms with E-state index in [0.29, 0.717) is 116 Å². The first-order chi connectivity index (χ1) is 62.4. The Balaban J connectivity index is 0.000000180. The number of amides is 13. The Morgan fingerprint density at radius 2 is 0.692 bits per heavy atom. The molecule has 0 spiro atoms. The van der Waals surface area contributed by atoms with Crippen molar-refractivity contribution < 1.29 is 76.8 Å². The zero-order valence-corrected chi connectivity index (χ0v) is 78.2. The Kier molecular flexibility index (Phi) is 34.5. The Bertz CT molecular complexity index is 4690. The predicted octanol–water partition coefficient (Wildman–Crippen LogP) is 16.0. The van der Waals surface area contributed by atoms with Gasteiger partial charge in [-0.2, -0.15) is 0 Å². The quantitative estimate of drug-likeness (QED) is 0.0526. The maximum absolute atomic E-state index is 13.9. The monoisotopic (exact) mass is 1790 g/mol. The van der Waals surface area contributed by atoms with Crippen LogP contribution >= 0.6 is 0 Å². The number of nitrogen functional groups attached to an aromatic ring is 1. The lowest BCUT2D eigenvalue weighted by Gasteiger charge is -2.47. The SMILES string of the molecule is CNC(=O)[C@@H]1[C@@H](Cc2ccnc(N(Cc3ccc(OC)cc3)C(=O)OC(C)(C)C)c2)C(=O)N1C(=O)N1CCCC(C2CCCCCCC2)C1.CNC(=O)[C@@H]1[C@@H](Cc2ccnc(N)c2)C(=O)N1C(=O)N1CCCC(C2CCCCCCC2)C1.COc1ccc(CN(C(=O)OC(C)(C)C)c2cc(C[C@H]3C(=O)N(C(=O)N4CCCC(C5CCCCCCC5)C4)[C@@H]3C(=O)O)ccn2)cc1. The zero-order chi connectivity index (χ0) is 92.9. The number of carbonyl (C=O) groups is 11. The molecule has 3 aromatic heterocycles. The number of piperidine rings is 3. The molecule has 5 N–H and O–H groups in total. The van der Waals surface area contributed by atoms with Crippen molar-refractivity contribution in [1.29, 1.82) is 0 Å². The first kappa shape index (κ1) is 98.1. The molecule has 9 heterocycles. The maximum atomic E-state index is 13.9. The summed E-state index contributed by atoms with van der Waals surface area (Å²) in [6, 6.07) is 20.9. The number of hydrogen-bond acceptors (Lipinski definition) is 19. The number of nitrogens with two attached hydrogens (primary N) is 1. The van der Waals surface area contributed by atoms with Crippen LogP contribution in [0.5, 0.6) is 11.5 Å². The Morgan fingerprint density at radius 3 is 0.992 bits per heavy atom. The van der Waals surface area contributed by atoms with Crippen LogP contribution in [0.25, 0.3) is 0 Å². The number of carboxylic acids is 1. The van der Waals surface area contributed by atoms with Gasteiger partial charge in [0.2, 0.25) is 29.5 Å². The average Bonchev–Trinajstić information content (AvgIpc) is 0.748. The fourth-order valence-corrected chi connectivity index (χ4v) is 20.9. The molecule has 0 bridgehead atoms. The third-order valence-electron chi connectivity index (χ3n) is 27.8. The number of carboxylic acid groups (broad SMARTS) is 1. The Labute approximate surface area is 766 Å². The molecule has 30 nitrogen and oxygen atoms in total. The number of methoxy groups -OCH3 is 2. The number of benzene rings is 2. The van der Waals surface area contributed by atoms with Crippen LogP contribution in [-0.2, 0) is 70.6 Å². The molecule has 706 valence electrons. The molecule has 13 amide bonds. The second-order valence-corrected chi connectivity index (χ2v) is 39.1. The van der Waals surface area contributed by atoms with Crippen molar-refractivity contribution in [2.75, 3.05) is 83.1 Å². The molecule has 3 aliphatic carbocycles. The number of hydrogen-bond donors (Lipinski definition) is 4. The minimum atomic E-state index is -1.26. The van der Waals surface area contributed by atoms with Gasteiger partial charge in [-0.1, -0.05) is 159 Å². The normalized spacial score (nSPS) is 23.3. The van der Waals surface area contributed by atoms with E-state index in [4.69, 9.17) is 24.7 Å². The number of urea groups is 3. The van der Waals surface area contributed by atoms with E-state index in [1.165, 1.54) is 168 Å². The molecule has 9 atom stereocenters. The van der Waals surface area contributed by atoms with Gasteiger partial charge in [-0.3, -0.25) is 43.6 Å². The number of nitrogens with zero attached hydrogens (tertiary/aromatic N) is 11. The molecule has 9 fully saturated rings. The Morgan fingerprint density at radius 1 is 0.400 bits per heavy atom. The number of imide groups is 3. The van der Waals surface area contributed by atoms with Crippen molar-refractivity contribution in [3.63, 3.8) is 0 Å². The van der Waals surface area contributed by atoms with Gasteiger partial charge in [-0.25, -0.2) is 48.6 Å². The fraction of sp³-hybridized carbons (Fsp3) is 0.620. The number of pyridine rings is 3. The van der Waals surface area contributed by atoms with Crippen molar-refractivity contribution >= 4 is 83.2 Å². The van der Waals surface area contributed by atoms with Gasteiger partial charge in [0.25, 0.3) is 0 Å². The molecule has 6 saturated heterocycles. The highest BCUT2D eigenvalue weighted by Gasteiger charge is 2.59. The average molecular weight is 1790 g/mol. The van der Waals surface area contributed by atoms with Gasteiger partial charge in [0.05, 0.1) is 45.1 Å². The topological polar surface area (TPSA) is 360 Å². The number of anilines is 3. The summed E-state index contributed by atoms with van der Waals surface area (Å²) in [5.41, 5.74) is 8.13. The molecule has 14 rings (SSSR count). The Hall–Kier alpha value is -10.9. The molecule has 9 aliphatic rings. The molecular formula is C100H140N14O16. The lowest BCUT2D eigenvalue weighted by atomic mass is 9.78. The highest BCUT2D eigenvalue weighted by atomic mass is 16.6. The van der Waals surface area contributed by atoms with E-state index in [1.54, 1.807) is 134 Å². The molecule has 130 heavy (non-hydrogen) atoms. The fourth-order valence-electron chi connectivity index (χ4n) is 20.9. The number of carbonyl (C=O) groups excluding carboxylic acids is 10. The predicted molar refractivity (Wildman–Crippen MR) is 494 cm³/mol. The van der Waals surface area contributed by atoms with Crippen LogP contribution in [0.3, 0.4) is 0 Å². The van der Waals surface area contributed by atoms with E-state index < -0.39 is 77.2 Å². The number of aliphatic carboxylic acids is 1. The highest BCUT2D eigenvalue weighted by molar-refractivity contribution is 6.10. The van der Waals surface area contributed by atoms with Crippen molar-refractivity contribution in [2.24, 2.45) is 53.3 Å². The third-order valence-corrected chi connectivity index (χ3v) is 27.8. The zero-order valence-electron chi connectivity index (χ0n) is 78.2. The van der Waals surface area contributed by atoms with Crippen LogP contribution in [0.15, 0.2) is 104 Å². The van der Waals surface area contributed by atoms with Crippen molar-refractivity contribution in [3.8, 4) is 11.5 Å². The second kappa shape index (κ2) is 45.7. The summed E-state index contributed by atoms with van der Waals surface area (Å²) in [5.74, 6) is 0.373. The van der Waals surface area contributed by atoms with Gasteiger partial charge in [-0.05, 0) is 223 Å². The summed E-state index contributed by atoms with van der Waals surface area (Å²) in [5, 5.41) is 15.5. The van der Waals surface area contributed by atoms with Crippen LogP contribution in [0, 0.1) is 53.3 Å². The largest absolute Gasteiger partial charge is 0.497 e. The van der Waals surface area contributed by atoms with Crippen LogP contribution in [-0.4, -0.2) is 212 Å². The van der Waals surface area contributed by atoms with E-state index in [2.05, 4.69) is 25.6 Å². The molecule has 3 saturated carbocycles. The van der Waals surface area contributed by atoms with E-state index in [9.17, 15) is 57.8 Å². The molecular weight excluding hydrogens is 1650 g/mol. The maximum Gasteiger partial charge on any atom is 0.416 e. The van der Waals surface area contributed by atoms with E-state index in [1.807, 2.05) is 41.3 Å². The summed E-state index contributed by atoms with van der Waals surface area (Å²) in [6.45, 7) is 14.8. The second-order valence-electron chi connectivity index (χ2n) is 39.1. The first-order valence-corrected chi connectivity index (χ1v) is 47.8. The molecule has 3 unspecified atom stereocenters. The lowest BCUT2D eigenvalue weighted by Crippen LogP contribution is -2.70. The van der Waals surface area contributed by atoms with E-state index in [0.717, 1.165) is 65.7 Å². The number of likely N-dealkylation sites (tertiary alicyclic amines) is 6. The molecule has 6 aliphatic heterocycles. The van der Waals surface area contributed by atoms with Crippen LogP contribution in [0.2, 0.25) is 0 Å². The van der Waals surface area contributed by atoms with Gasteiger partial charge in [0.15, 0.2) is 6.04 Å². The van der Waals surface area contributed by atoms with Crippen LogP contribution < -0.4 is 35.6 Å². The van der Waals surface area contributed by atoms with Crippen molar-refractivity contribution in [2.45, 2.75) is 277 Å². The molecule has 30 heteroatoms. The summed E-state index contributed by atoms with van der Waals surface area (Å²) >= 11 is 0. The standard InChI is InChI=1S/C38H53N5O6.C37H50N4O7.C25H37N5O3/c1-38(2,3)49-37(47)42(24-26-15-17-30(48-5)18-16-26)32-23-27(19-20-40-32)22-31-33(34(44)39-4)43(35(31)45)36(46)41-21-11-14-29(25-41)28-12-9-7-6-8-10-13-28;1-37(2,3)48-36(46)40(23-25-14-16-29(47-4)17-15-25)31-22-26(18-19-38-31)21-30-32(34(43)44)41(33(30)42)35(45)39-20-10-13-28(24-39)27-11-8-6-5-7-9-12-27;1-27-23(31)22-20(14-17-11-12-28-21(26)15-17)24(32)30(22)25(33)29-13-7-10-19(16-29)18-8-5-3-2-4-6-9-18/h15-20,23,28-29,31,33H,6-14,21-22,24-25H2,1-5H3,(H,39,44);14-19,22,27-28,30,32H,5-13,20-21,23-24H2,1-4H3,(H,43,44);11-12,15,18-20,22H,2-10,13-14,16H2,1H3,(H2,26,28)(H,27,31)/t29?,31-,33+;28?,30-,32+;19?,20-,22+/m111/s1. The minimum Gasteiger partial charge on any atom is -0.497 e. The summed E-state index contributed by atoms with van der Waals surface area (Å²) < 4.78 is 21.9. The van der Waals surface area contributed by atoms with Gasteiger partial charge >= 0.3 is 36.2 Å². The number of β-lactam (4-membered cyclic amide) rings is 3. The highest BCUT2D eigenvalue weighted by Crippen LogP contribution is 2.42. The number of rotatable bonds is 20. The van der Waals surface area contributed by atoms with Crippen LogP contribution in [0.4, 0.5) is 41.4 Å². The van der Waals surface area contributed by atoms with Gasteiger partial charge in [-0.15, -0.1) is 0 Å². The first-order valence-electron chi connectivity index (χ1n) is 47.8.